The van der Waals surface area contributed by atoms with Gasteiger partial charge >= 0.3 is 0 Å². The van der Waals surface area contributed by atoms with Crippen molar-refractivity contribution in [3.05, 3.63) is 90.0 Å². The van der Waals surface area contributed by atoms with Gasteiger partial charge in [-0.05, 0) is 53.1 Å². The smallest absolute Gasteiger partial charge is 0.215 e. The van der Waals surface area contributed by atoms with Crippen molar-refractivity contribution < 1.29 is 30.7 Å². The second kappa shape index (κ2) is 9.84. The maximum atomic E-state index is 15.0. The van der Waals surface area contributed by atoms with Crippen LogP contribution in [0.3, 0.4) is 0 Å². The maximum Gasteiger partial charge on any atom is 0.215 e. The highest BCUT2D eigenvalue weighted by atomic mass is 32.2. The maximum absolute atomic E-state index is 15.0. The van der Waals surface area contributed by atoms with E-state index < -0.39 is 33.1 Å². The molecular formula is C27H17F4NO3S. The minimum atomic E-state index is -3.48. The summed E-state index contributed by atoms with van der Waals surface area (Å²) in [4.78, 5) is 4.39. The van der Waals surface area contributed by atoms with Crippen LogP contribution in [0.4, 0.5) is 17.6 Å². The van der Waals surface area contributed by atoms with Crippen molar-refractivity contribution in [3.63, 3.8) is 0 Å². The molecule has 0 fully saturated rings. The van der Waals surface area contributed by atoms with E-state index in [1.165, 1.54) is 54.6 Å². The van der Waals surface area contributed by atoms with Crippen LogP contribution in [0.1, 0.15) is 0 Å². The molecule has 0 unspecified atom stereocenters. The number of halogens is 4. The third kappa shape index (κ3) is 4.95. The molecule has 4 aromatic rings. The summed E-state index contributed by atoms with van der Waals surface area (Å²) in [5.74, 6) is -2.82. The van der Waals surface area contributed by atoms with Gasteiger partial charge in [0.1, 0.15) is 5.82 Å². The zero-order valence-corrected chi connectivity index (χ0v) is 19.5. The average molecular weight is 511 g/mol. The standard InChI is InChI=1S/C27H17F4NO3S/c1-3-14-35-23-15-21(16-6-10-19(11-7-16)36(2,33)34)24(17-4-8-18(28)9-5-17)27(32-23)20-12-13-22(29)26(31)25(20)30/h1,4-13,15H,14H2,2H3. The van der Waals surface area contributed by atoms with Gasteiger partial charge in [-0.25, -0.2) is 31.0 Å². The monoisotopic (exact) mass is 511 g/mol. The number of ether oxygens (including phenoxy) is 1. The van der Waals surface area contributed by atoms with Crippen molar-refractivity contribution in [3.8, 4) is 51.7 Å². The van der Waals surface area contributed by atoms with E-state index >= 15 is 0 Å². The number of aromatic nitrogens is 1. The van der Waals surface area contributed by atoms with Gasteiger partial charge in [-0.1, -0.05) is 30.2 Å². The molecule has 9 heteroatoms. The van der Waals surface area contributed by atoms with E-state index in [1.807, 2.05) is 0 Å². The zero-order valence-electron chi connectivity index (χ0n) is 18.7. The normalized spacial score (nSPS) is 11.2. The first-order valence-corrected chi connectivity index (χ1v) is 12.3. The van der Waals surface area contributed by atoms with E-state index in [4.69, 9.17) is 11.2 Å². The number of hydrogen-bond donors (Lipinski definition) is 0. The molecule has 0 spiro atoms. The Bertz CT molecular complexity index is 1590. The fourth-order valence-electron chi connectivity index (χ4n) is 3.63. The van der Waals surface area contributed by atoms with Crippen LogP contribution in [0.2, 0.25) is 0 Å². The first-order valence-electron chi connectivity index (χ1n) is 10.4. The van der Waals surface area contributed by atoms with Gasteiger partial charge < -0.3 is 4.74 Å². The first kappa shape index (κ1) is 24.9. The second-order valence-electron chi connectivity index (χ2n) is 7.75. The SMILES string of the molecule is C#CCOc1cc(-c2ccc(S(C)(=O)=O)cc2)c(-c2ccc(F)cc2)c(-c2ccc(F)c(F)c2F)n1. The van der Waals surface area contributed by atoms with Crippen LogP contribution in [0.5, 0.6) is 5.88 Å². The Morgan fingerprint density at radius 2 is 1.50 bits per heavy atom. The van der Waals surface area contributed by atoms with Crippen LogP contribution in [-0.4, -0.2) is 26.3 Å². The summed E-state index contributed by atoms with van der Waals surface area (Å²) in [6.45, 7) is -0.185. The fraction of sp³-hybridized carbons (Fsp3) is 0.0741. The lowest BCUT2D eigenvalue weighted by molar-refractivity contribution is 0.356. The second-order valence-corrected chi connectivity index (χ2v) is 9.77. The predicted molar refractivity (Wildman–Crippen MR) is 128 cm³/mol. The number of terminal acetylenes is 1. The van der Waals surface area contributed by atoms with Gasteiger partial charge in [0.25, 0.3) is 0 Å². The molecule has 36 heavy (non-hydrogen) atoms. The van der Waals surface area contributed by atoms with Crippen LogP contribution < -0.4 is 4.74 Å². The number of benzene rings is 3. The quantitative estimate of drug-likeness (QED) is 0.180. The lowest BCUT2D eigenvalue weighted by Gasteiger charge is -2.18. The summed E-state index contributed by atoms with van der Waals surface area (Å²) in [6, 6.07) is 14.3. The largest absolute Gasteiger partial charge is 0.464 e. The highest BCUT2D eigenvalue weighted by Gasteiger charge is 2.23. The Morgan fingerprint density at radius 1 is 0.861 bits per heavy atom. The Balaban J connectivity index is 2.08. The van der Waals surface area contributed by atoms with Gasteiger partial charge in [-0.2, -0.15) is 0 Å². The molecule has 0 radical (unpaired) electrons. The Kier molecular flexibility index (Phi) is 6.82. The molecule has 4 rings (SSSR count). The Hall–Kier alpha value is -4.16. The van der Waals surface area contributed by atoms with E-state index in [1.54, 1.807) is 0 Å². The molecule has 0 aliphatic heterocycles. The van der Waals surface area contributed by atoms with E-state index in [0.29, 0.717) is 16.7 Å². The van der Waals surface area contributed by atoms with Crippen molar-refractivity contribution in [2.45, 2.75) is 4.90 Å². The molecule has 0 saturated heterocycles. The van der Waals surface area contributed by atoms with Crippen molar-refractivity contribution in [1.82, 2.24) is 4.98 Å². The number of sulfone groups is 1. The molecule has 1 heterocycles. The highest BCUT2D eigenvalue weighted by molar-refractivity contribution is 7.90. The van der Waals surface area contributed by atoms with Gasteiger partial charge in [-0.15, -0.1) is 6.42 Å². The molecule has 4 nitrogen and oxygen atoms in total. The summed E-state index contributed by atoms with van der Waals surface area (Å²) < 4.78 is 85.9. The van der Waals surface area contributed by atoms with Crippen LogP contribution in [0.15, 0.2) is 71.6 Å². The van der Waals surface area contributed by atoms with Crippen molar-refractivity contribution in [2.24, 2.45) is 0 Å². The van der Waals surface area contributed by atoms with Gasteiger partial charge in [0.2, 0.25) is 5.88 Å². The minimum Gasteiger partial charge on any atom is -0.464 e. The third-order valence-electron chi connectivity index (χ3n) is 5.32. The summed E-state index contributed by atoms with van der Waals surface area (Å²) in [6.07, 6.45) is 6.35. The van der Waals surface area contributed by atoms with Crippen LogP contribution in [0.25, 0.3) is 33.5 Å². The van der Waals surface area contributed by atoms with Gasteiger partial charge in [0.15, 0.2) is 33.9 Å². The summed E-state index contributed by atoms with van der Waals surface area (Å²) in [7, 11) is -3.48. The van der Waals surface area contributed by atoms with Crippen LogP contribution in [0, 0.1) is 35.6 Å². The van der Waals surface area contributed by atoms with Crippen LogP contribution in [-0.2, 0) is 9.84 Å². The van der Waals surface area contributed by atoms with E-state index in [0.717, 1.165) is 18.4 Å². The number of rotatable bonds is 6. The molecule has 0 aliphatic carbocycles. The van der Waals surface area contributed by atoms with Gasteiger partial charge in [0.05, 0.1) is 10.6 Å². The number of hydrogen-bond acceptors (Lipinski definition) is 4. The predicted octanol–water partition coefficient (Wildman–Crippen LogP) is 6.05. The molecule has 182 valence electrons. The molecule has 0 aliphatic rings. The molecule has 3 aromatic carbocycles. The van der Waals surface area contributed by atoms with Gasteiger partial charge in [-0.3, -0.25) is 0 Å². The third-order valence-corrected chi connectivity index (χ3v) is 6.44. The molecule has 0 amide bonds. The summed E-state index contributed by atoms with van der Waals surface area (Å²) >= 11 is 0. The van der Waals surface area contributed by atoms with Crippen LogP contribution >= 0.6 is 0 Å². The first-order chi connectivity index (χ1) is 17.1. The minimum absolute atomic E-state index is 0.0415. The number of nitrogens with zero attached hydrogens (tertiary/aromatic N) is 1. The van der Waals surface area contributed by atoms with Crippen molar-refractivity contribution in [1.29, 1.82) is 0 Å². The van der Waals surface area contributed by atoms with Crippen molar-refractivity contribution in [2.75, 3.05) is 12.9 Å². The molecular weight excluding hydrogens is 494 g/mol. The zero-order chi connectivity index (χ0) is 26.0. The lowest BCUT2D eigenvalue weighted by Crippen LogP contribution is -2.03. The highest BCUT2D eigenvalue weighted by Crippen LogP contribution is 2.42. The molecule has 0 bridgehead atoms. The van der Waals surface area contributed by atoms with E-state index in [9.17, 15) is 26.0 Å². The molecule has 0 N–H and O–H groups in total. The molecule has 0 atom stereocenters. The van der Waals surface area contributed by atoms with Crippen molar-refractivity contribution >= 4 is 9.84 Å². The average Bonchev–Trinajstić information content (AvgIpc) is 2.86. The fourth-order valence-corrected chi connectivity index (χ4v) is 4.26. The summed E-state index contributed by atoms with van der Waals surface area (Å²) in [5.41, 5.74) is 0.999. The van der Waals surface area contributed by atoms with E-state index in [2.05, 4.69) is 10.9 Å². The lowest BCUT2D eigenvalue weighted by atomic mass is 9.91. The Labute approximate surface area is 205 Å². The Morgan fingerprint density at radius 3 is 2.11 bits per heavy atom. The molecule has 0 saturated carbocycles. The van der Waals surface area contributed by atoms with E-state index in [-0.39, 0.29) is 34.2 Å². The summed E-state index contributed by atoms with van der Waals surface area (Å²) in [5, 5.41) is 0. The van der Waals surface area contributed by atoms with Gasteiger partial charge in [0, 0.05) is 23.4 Å². The number of pyridine rings is 1. The topological polar surface area (TPSA) is 56.3 Å². The molecule has 1 aromatic heterocycles.